The van der Waals surface area contributed by atoms with Gasteiger partial charge in [-0.1, -0.05) is 35.6 Å². The van der Waals surface area contributed by atoms with Crippen molar-refractivity contribution >= 4 is 28.1 Å². The molecule has 0 amide bonds. The summed E-state index contributed by atoms with van der Waals surface area (Å²) in [4.78, 5) is 19.8. The minimum absolute atomic E-state index is 0.183. The monoisotopic (exact) mass is 406 g/mol. The molecule has 0 bridgehead atoms. The molecule has 29 heavy (non-hydrogen) atoms. The van der Waals surface area contributed by atoms with E-state index in [1.807, 2.05) is 73.6 Å². The van der Waals surface area contributed by atoms with Gasteiger partial charge in [-0.15, -0.1) is 5.10 Å². The van der Waals surface area contributed by atoms with Gasteiger partial charge in [-0.2, -0.15) is 9.50 Å². The second-order valence-electron chi connectivity index (χ2n) is 6.93. The van der Waals surface area contributed by atoms with E-state index in [0.717, 1.165) is 11.3 Å². The highest BCUT2D eigenvalue weighted by Gasteiger charge is 2.27. The Hall–Kier alpha value is -3.39. The maximum absolute atomic E-state index is 12.8. The van der Waals surface area contributed by atoms with Crippen molar-refractivity contribution in [1.29, 1.82) is 0 Å². The first-order valence-corrected chi connectivity index (χ1v) is 9.97. The highest BCUT2D eigenvalue weighted by Crippen LogP contribution is 2.35. The Bertz CT molecular complexity index is 1290. The fourth-order valence-corrected chi connectivity index (χ4v) is 4.07. The van der Waals surface area contributed by atoms with Gasteiger partial charge in [0.2, 0.25) is 4.96 Å². The predicted octanol–water partition coefficient (Wildman–Crippen LogP) is 2.28. The van der Waals surface area contributed by atoms with Crippen LogP contribution in [0.1, 0.15) is 17.5 Å². The smallest absolute Gasteiger partial charge is 0.291 e. The molecule has 2 aromatic heterocycles. The molecule has 3 heterocycles. The molecule has 0 spiro atoms. The van der Waals surface area contributed by atoms with Crippen molar-refractivity contribution in [3.63, 3.8) is 0 Å². The van der Waals surface area contributed by atoms with Crippen LogP contribution < -0.4 is 24.5 Å². The summed E-state index contributed by atoms with van der Waals surface area (Å²) >= 11 is 1.31. The SMILES string of the molecule is CN(C)c1ccc(/C=c2\sc3nc(C4COc5ccccc5O4)nn3c2=O)cc1. The third kappa shape index (κ3) is 3.21. The van der Waals surface area contributed by atoms with Crippen LogP contribution in [0.15, 0.2) is 53.3 Å². The fraction of sp³-hybridized carbons (Fsp3) is 0.190. The first-order valence-electron chi connectivity index (χ1n) is 9.15. The average Bonchev–Trinajstić information content (AvgIpc) is 3.28. The van der Waals surface area contributed by atoms with Crippen LogP contribution >= 0.6 is 11.3 Å². The number of rotatable bonds is 3. The first kappa shape index (κ1) is 17.7. The van der Waals surface area contributed by atoms with E-state index in [2.05, 4.69) is 10.1 Å². The molecule has 4 aromatic rings. The number of fused-ring (bicyclic) bond motifs is 2. The molecule has 1 aliphatic rings. The summed E-state index contributed by atoms with van der Waals surface area (Å²) in [5, 5.41) is 4.38. The van der Waals surface area contributed by atoms with Gasteiger partial charge in [-0.05, 0) is 35.9 Å². The van der Waals surface area contributed by atoms with Crippen molar-refractivity contribution in [1.82, 2.24) is 14.6 Å². The molecule has 0 aliphatic carbocycles. The predicted molar refractivity (Wildman–Crippen MR) is 112 cm³/mol. The quantitative estimate of drug-likeness (QED) is 0.520. The molecule has 0 saturated carbocycles. The van der Waals surface area contributed by atoms with Crippen LogP contribution in [0.25, 0.3) is 11.0 Å². The third-order valence-corrected chi connectivity index (χ3v) is 5.66. The number of hydrogen-bond acceptors (Lipinski definition) is 7. The average molecular weight is 406 g/mol. The molecule has 1 unspecified atom stereocenters. The van der Waals surface area contributed by atoms with Gasteiger partial charge < -0.3 is 14.4 Å². The molecule has 8 heteroatoms. The van der Waals surface area contributed by atoms with E-state index in [-0.39, 0.29) is 5.56 Å². The maximum atomic E-state index is 12.8. The molecular weight excluding hydrogens is 388 g/mol. The lowest BCUT2D eigenvalue weighted by molar-refractivity contribution is 0.0852. The number of benzene rings is 2. The number of nitrogens with zero attached hydrogens (tertiary/aromatic N) is 4. The molecule has 146 valence electrons. The normalized spacial score (nSPS) is 16.3. The van der Waals surface area contributed by atoms with Crippen LogP contribution in [0.4, 0.5) is 5.69 Å². The van der Waals surface area contributed by atoms with E-state index >= 15 is 0 Å². The molecule has 0 saturated heterocycles. The minimum atomic E-state index is -0.442. The Morgan fingerprint density at radius 1 is 1.14 bits per heavy atom. The second kappa shape index (κ2) is 6.89. The topological polar surface area (TPSA) is 69.0 Å². The Labute approximate surface area is 170 Å². The second-order valence-corrected chi connectivity index (χ2v) is 7.94. The van der Waals surface area contributed by atoms with Gasteiger partial charge in [0.25, 0.3) is 5.56 Å². The molecule has 0 fully saturated rings. The van der Waals surface area contributed by atoms with Crippen molar-refractivity contribution in [2.24, 2.45) is 0 Å². The number of ether oxygens (including phenoxy) is 2. The Morgan fingerprint density at radius 2 is 1.90 bits per heavy atom. The van der Waals surface area contributed by atoms with E-state index in [0.29, 0.717) is 33.4 Å². The van der Waals surface area contributed by atoms with Gasteiger partial charge in [0, 0.05) is 19.8 Å². The van der Waals surface area contributed by atoms with E-state index in [9.17, 15) is 4.79 Å². The Kier molecular flexibility index (Phi) is 4.21. The van der Waals surface area contributed by atoms with Gasteiger partial charge >= 0.3 is 0 Å². The number of aromatic nitrogens is 3. The van der Waals surface area contributed by atoms with Crippen molar-refractivity contribution in [3.8, 4) is 11.5 Å². The highest BCUT2D eigenvalue weighted by molar-refractivity contribution is 7.15. The highest BCUT2D eigenvalue weighted by atomic mass is 32.1. The number of hydrogen-bond donors (Lipinski definition) is 0. The van der Waals surface area contributed by atoms with Gasteiger partial charge in [0.05, 0.1) is 4.53 Å². The maximum Gasteiger partial charge on any atom is 0.291 e. The zero-order valence-corrected chi connectivity index (χ0v) is 16.7. The van der Waals surface area contributed by atoms with E-state index in [1.54, 1.807) is 0 Å². The van der Waals surface area contributed by atoms with E-state index < -0.39 is 6.10 Å². The van der Waals surface area contributed by atoms with Crippen LogP contribution in [0.3, 0.4) is 0 Å². The molecule has 2 aromatic carbocycles. The van der Waals surface area contributed by atoms with Crippen LogP contribution in [-0.4, -0.2) is 35.3 Å². The number of anilines is 1. The molecule has 0 radical (unpaired) electrons. The van der Waals surface area contributed by atoms with E-state index in [4.69, 9.17) is 9.47 Å². The third-order valence-electron chi connectivity index (χ3n) is 4.70. The van der Waals surface area contributed by atoms with Crippen LogP contribution in [0, 0.1) is 0 Å². The number of thiazole rings is 1. The van der Waals surface area contributed by atoms with Crippen molar-refractivity contribution < 1.29 is 9.47 Å². The first-order chi connectivity index (χ1) is 14.1. The molecule has 1 aliphatic heterocycles. The largest absolute Gasteiger partial charge is 0.485 e. The van der Waals surface area contributed by atoms with Gasteiger partial charge in [-0.25, -0.2) is 0 Å². The molecule has 5 rings (SSSR count). The summed E-state index contributed by atoms with van der Waals surface area (Å²) in [6.07, 6.45) is 1.42. The zero-order chi connectivity index (χ0) is 20.0. The van der Waals surface area contributed by atoms with Crippen LogP contribution in [0.5, 0.6) is 11.5 Å². The Morgan fingerprint density at radius 3 is 2.62 bits per heavy atom. The molecule has 1 atom stereocenters. The van der Waals surface area contributed by atoms with Crippen molar-refractivity contribution in [3.05, 3.63) is 74.8 Å². The standard InChI is InChI=1S/C21H18N4O3S/c1-24(2)14-9-7-13(8-10-14)11-18-20(26)25-21(29-18)22-19(23-25)17-12-27-15-5-3-4-6-16(15)28-17/h3-11,17H,12H2,1-2H3/b18-11-. The fourth-order valence-electron chi connectivity index (χ4n) is 3.15. The van der Waals surface area contributed by atoms with Crippen LogP contribution in [0.2, 0.25) is 0 Å². The Balaban J connectivity index is 1.45. The molecule has 7 nitrogen and oxygen atoms in total. The minimum Gasteiger partial charge on any atom is -0.485 e. The van der Waals surface area contributed by atoms with Crippen molar-refractivity contribution in [2.45, 2.75) is 6.10 Å². The van der Waals surface area contributed by atoms with Crippen molar-refractivity contribution in [2.75, 3.05) is 25.6 Å². The van der Waals surface area contributed by atoms with Gasteiger partial charge in [-0.3, -0.25) is 4.79 Å². The summed E-state index contributed by atoms with van der Waals surface area (Å²) in [7, 11) is 3.98. The lowest BCUT2D eigenvalue weighted by atomic mass is 10.2. The summed E-state index contributed by atoms with van der Waals surface area (Å²) in [5.41, 5.74) is 1.88. The van der Waals surface area contributed by atoms with Gasteiger partial charge in [0.1, 0.15) is 6.61 Å². The lowest BCUT2D eigenvalue weighted by Gasteiger charge is -2.24. The van der Waals surface area contributed by atoms with E-state index in [1.165, 1.54) is 15.9 Å². The number of para-hydroxylation sites is 2. The summed E-state index contributed by atoms with van der Waals surface area (Å²) in [5.74, 6) is 1.80. The zero-order valence-electron chi connectivity index (χ0n) is 15.9. The summed E-state index contributed by atoms with van der Waals surface area (Å²) < 4.78 is 13.6. The van der Waals surface area contributed by atoms with Gasteiger partial charge in [0.15, 0.2) is 23.4 Å². The summed E-state index contributed by atoms with van der Waals surface area (Å²) in [6.45, 7) is 0.306. The molecule has 0 N–H and O–H groups in total. The molecular formula is C21H18N4O3S. The lowest BCUT2D eigenvalue weighted by Crippen LogP contribution is -2.26. The van der Waals surface area contributed by atoms with Crippen LogP contribution in [-0.2, 0) is 0 Å². The summed E-state index contributed by atoms with van der Waals surface area (Å²) in [6, 6.07) is 15.5.